The number of piperidine rings is 1. The van der Waals surface area contributed by atoms with E-state index in [9.17, 15) is 14.3 Å². The Hall–Kier alpha value is -5.09. The molecule has 13 heteroatoms. The SMILES string of the molecule is C#Cc1c(F)ccc2cc(O)cc(-c3c(F)c4nc(OCC56CCCN5C[C@H](F)C6)nc(N5CCCC6(CC(=O)N6)C5)c4c4cn(C)nc34)c12. The van der Waals surface area contributed by atoms with E-state index < -0.39 is 28.9 Å². The molecule has 0 bridgehead atoms. The Kier molecular flexibility index (Phi) is 6.78. The average Bonchev–Trinajstić information content (AvgIpc) is 3.74. The number of alkyl halides is 1. The molecular weight excluding hydrogens is 647 g/mol. The topological polar surface area (TPSA) is 109 Å². The Balaban J connectivity index is 1.29. The largest absolute Gasteiger partial charge is 0.508 e. The number of nitrogens with zero attached hydrogens (tertiary/aromatic N) is 6. The lowest BCUT2D eigenvalue weighted by molar-refractivity contribution is -0.133. The number of terminal acetylenes is 1. The molecule has 2 N–H and O–H groups in total. The predicted molar refractivity (Wildman–Crippen MR) is 182 cm³/mol. The van der Waals surface area contributed by atoms with Crippen molar-refractivity contribution in [2.75, 3.05) is 37.7 Å². The molecule has 0 saturated carbocycles. The number of halogens is 3. The molecule has 3 atom stereocenters. The lowest BCUT2D eigenvalue weighted by Crippen LogP contribution is -2.68. The van der Waals surface area contributed by atoms with Crippen LogP contribution in [0.15, 0.2) is 30.5 Å². The summed E-state index contributed by atoms with van der Waals surface area (Å²) < 4.78 is 55.2. The first-order chi connectivity index (χ1) is 24.1. The van der Waals surface area contributed by atoms with Crippen LogP contribution in [0.25, 0.3) is 43.7 Å². The number of fused-ring (bicyclic) bond motifs is 5. The first kappa shape index (κ1) is 30.9. The van der Waals surface area contributed by atoms with E-state index in [1.54, 1.807) is 17.9 Å². The fourth-order valence-corrected chi connectivity index (χ4v) is 9.01. The van der Waals surface area contributed by atoms with Crippen molar-refractivity contribution in [1.29, 1.82) is 0 Å². The number of aryl methyl sites for hydroxylation is 1. The van der Waals surface area contributed by atoms with Gasteiger partial charge in [-0.05, 0) is 61.4 Å². The molecule has 6 heterocycles. The van der Waals surface area contributed by atoms with Gasteiger partial charge in [-0.15, -0.1) is 6.42 Å². The van der Waals surface area contributed by atoms with E-state index in [4.69, 9.17) is 16.1 Å². The van der Waals surface area contributed by atoms with Crippen LogP contribution in [-0.2, 0) is 11.8 Å². The van der Waals surface area contributed by atoms with Crippen LogP contribution in [0, 0.1) is 24.0 Å². The van der Waals surface area contributed by atoms with Crippen LogP contribution in [-0.4, -0.2) is 85.7 Å². The summed E-state index contributed by atoms with van der Waals surface area (Å²) >= 11 is 0. The molecule has 9 rings (SSSR count). The van der Waals surface area contributed by atoms with Crippen LogP contribution < -0.4 is 15.0 Å². The molecule has 2 unspecified atom stereocenters. The third-order valence-corrected chi connectivity index (χ3v) is 11.1. The maximum Gasteiger partial charge on any atom is 0.319 e. The zero-order chi connectivity index (χ0) is 34.5. The Bertz CT molecular complexity index is 2310. The van der Waals surface area contributed by atoms with Gasteiger partial charge in [0.05, 0.1) is 28.4 Å². The van der Waals surface area contributed by atoms with Crippen LogP contribution >= 0.6 is 0 Å². The summed E-state index contributed by atoms with van der Waals surface area (Å²) in [5.74, 6) is 1.23. The molecule has 256 valence electrons. The molecule has 5 aromatic rings. The molecule has 4 saturated heterocycles. The van der Waals surface area contributed by atoms with E-state index in [1.165, 1.54) is 24.3 Å². The van der Waals surface area contributed by atoms with E-state index in [-0.39, 0.29) is 57.4 Å². The first-order valence-corrected chi connectivity index (χ1v) is 16.9. The molecule has 4 aliphatic rings. The number of phenolic OH excluding ortho intramolecular Hbond substituents is 1. The summed E-state index contributed by atoms with van der Waals surface area (Å²) in [6, 6.07) is 5.44. The second-order valence-electron chi connectivity index (χ2n) is 14.4. The summed E-state index contributed by atoms with van der Waals surface area (Å²) in [5, 5.41) is 20.2. The number of hydrogen-bond donors (Lipinski definition) is 2. The highest BCUT2D eigenvalue weighted by Gasteiger charge is 2.50. The smallest absolute Gasteiger partial charge is 0.319 e. The van der Waals surface area contributed by atoms with E-state index >= 15 is 8.78 Å². The minimum atomic E-state index is -0.956. The van der Waals surface area contributed by atoms with Crippen molar-refractivity contribution in [1.82, 2.24) is 30.0 Å². The molecule has 50 heavy (non-hydrogen) atoms. The first-order valence-electron chi connectivity index (χ1n) is 16.9. The third-order valence-electron chi connectivity index (χ3n) is 11.1. The van der Waals surface area contributed by atoms with E-state index in [0.717, 1.165) is 32.2 Å². The lowest BCUT2D eigenvalue weighted by atomic mass is 9.79. The molecule has 0 aliphatic carbocycles. The normalized spacial score (nSPS) is 25.0. The van der Waals surface area contributed by atoms with Crippen molar-refractivity contribution in [2.24, 2.45) is 7.05 Å². The van der Waals surface area contributed by atoms with Gasteiger partial charge in [0, 0.05) is 55.6 Å². The van der Waals surface area contributed by atoms with E-state index in [0.29, 0.717) is 54.5 Å². The quantitative estimate of drug-likeness (QED) is 0.195. The zero-order valence-corrected chi connectivity index (χ0v) is 27.4. The Labute approximate surface area is 285 Å². The maximum atomic E-state index is 17.5. The van der Waals surface area contributed by atoms with Crippen LogP contribution in [0.1, 0.15) is 44.1 Å². The fourth-order valence-electron chi connectivity index (χ4n) is 9.01. The van der Waals surface area contributed by atoms with Gasteiger partial charge >= 0.3 is 6.01 Å². The summed E-state index contributed by atoms with van der Waals surface area (Å²) in [5.41, 5.74) is -0.631. The van der Waals surface area contributed by atoms with Crippen molar-refractivity contribution >= 4 is 44.3 Å². The summed E-state index contributed by atoms with van der Waals surface area (Å²) in [4.78, 5) is 25.8. The molecular formula is C37H34F3N7O3. The predicted octanol–water partition coefficient (Wildman–Crippen LogP) is 5.12. The standard InChI is InChI=1S/C37H34F3N7O3/c1-3-23-26(39)7-6-20-12-22(48)13-24(28(20)23)29-31(40)33-30(25-17-45(2)44-32(25)29)34(46-10-4-8-36(18-46)15-27(49)43-36)42-35(41-33)50-19-37-9-5-11-47(37)16-21(38)14-37/h1,6-7,12-13,17,21,48H,4-5,8-11,14-16,18-19H2,2H3,(H,43,49)/t21-,36?,37?/m1/s1. The number of aromatic hydroxyl groups is 1. The molecule has 4 aliphatic heterocycles. The maximum absolute atomic E-state index is 17.5. The highest BCUT2D eigenvalue weighted by atomic mass is 19.1. The van der Waals surface area contributed by atoms with Gasteiger partial charge in [-0.2, -0.15) is 15.1 Å². The van der Waals surface area contributed by atoms with E-state index in [2.05, 4.69) is 26.2 Å². The number of benzene rings is 3. The average molecular weight is 682 g/mol. The Morgan fingerprint density at radius 1 is 1.14 bits per heavy atom. The number of amides is 1. The number of ether oxygens (including phenoxy) is 1. The monoisotopic (exact) mass is 681 g/mol. The number of nitrogens with one attached hydrogen (secondary N) is 1. The van der Waals surface area contributed by atoms with Crippen LogP contribution in [0.5, 0.6) is 11.8 Å². The number of hydrogen-bond acceptors (Lipinski definition) is 8. The van der Waals surface area contributed by atoms with Crippen LogP contribution in [0.3, 0.4) is 0 Å². The van der Waals surface area contributed by atoms with Gasteiger partial charge in [0.15, 0.2) is 5.82 Å². The third kappa shape index (κ3) is 4.61. The van der Waals surface area contributed by atoms with Gasteiger partial charge < -0.3 is 20.1 Å². The number of β-lactam (4-membered cyclic amide) rings is 1. The molecule has 3 aromatic carbocycles. The van der Waals surface area contributed by atoms with Crippen molar-refractivity contribution in [2.45, 2.75) is 55.8 Å². The number of carbonyl (C=O) groups is 1. The zero-order valence-electron chi connectivity index (χ0n) is 27.4. The number of carbonyl (C=O) groups excluding carboxylic acids is 1. The van der Waals surface area contributed by atoms with Crippen molar-refractivity contribution in [3.63, 3.8) is 0 Å². The van der Waals surface area contributed by atoms with Crippen molar-refractivity contribution in [3.05, 3.63) is 47.7 Å². The van der Waals surface area contributed by atoms with Crippen molar-refractivity contribution in [3.8, 4) is 35.2 Å². The number of anilines is 1. The molecule has 1 amide bonds. The summed E-state index contributed by atoms with van der Waals surface area (Å²) in [6.45, 7) is 2.33. The number of aromatic nitrogens is 4. The van der Waals surface area contributed by atoms with Gasteiger partial charge in [-0.1, -0.05) is 12.0 Å². The van der Waals surface area contributed by atoms with Gasteiger partial charge in [0.1, 0.15) is 41.2 Å². The van der Waals surface area contributed by atoms with Gasteiger partial charge in [0.25, 0.3) is 0 Å². The minimum Gasteiger partial charge on any atom is -0.508 e. The Morgan fingerprint density at radius 2 is 1.96 bits per heavy atom. The molecule has 2 aromatic heterocycles. The van der Waals surface area contributed by atoms with Crippen LogP contribution in [0.2, 0.25) is 0 Å². The van der Waals surface area contributed by atoms with E-state index in [1.807, 2.05) is 4.90 Å². The molecule has 10 nitrogen and oxygen atoms in total. The second kappa shape index (κ2) is 11.0. The van der Waals surface area contributed by atoms with Crippen LogP contribution in [0.4, 0.5) is 19.0 Å². The molecule has 0 radical (unpaired) electrons. The lowest BCUT2D eigenvalue weighted by Gasteiger charge is -2.49. The number of rotatable bonds is 5. The van der Waals surface area contributed by atoms with Crippen molar-refractivity contribution < 1.29 is 27.8 Å². The Morgan fingerprint density at radius 3 is 2.76 bits per heavy atom. The molecule has 1 spiro atoms. The summed E-state index contributed by atoms with van der Waals surface area (Å²) in [7, 11) is 1.71. The minimum absolute atomic E-state index is 0.00954. The van der Waals surface area contributed by atoms with Gasteiger partial charge in [0.2, 0.25) is 5.91 Å². The summed E-state index contributed by atoms with van der Waals surface area (Å²) in [6.07, 6.45) is 10.6. The highest BCUT2D eigenvalue weighted by Crippen LogP contribution is 2.46. The van der Waals surface area contributed by atoms with Gasteiger partial charge in [-0.25, -0.2) is 13.2 Å². The fraction of sp³-hybridized carbons (Fsp3) is 0.405. The van der Waals surface area contributed by atoms with Gasteiger partial charge in [-0.3, -0.25) is 14.4 Å². The number of phenols is 1. The second-order valence-corrected chi connectivity index (χ2v) is 14.4. The molecule has 4 fully saturated rings. The highest BCUT2D eigenvalue weighted by molar-refractivity contribution is 6.18.